The highest BCUT2D eigenvalue weighted by Crippen LogP contribution is 2.21. The molecule has 0 saturated carbocycles. The smallest absolute Gasteiger partial charge is 0.411 e. The molecule has 0 aliphatic rings. The SMILES string of the molecule is Cc1ccc(C)c(OCc2cccc(C(=O)Nc3cnn(COCC(F)(F)F)c3)c2)c1. The van der Waals surface area contributed by atoms with Crippen molar-refractivity contribution in [1.29, 1.82) is 0 Å². The minimum absolute atomic E-state index is 0.305. The first kappa shape index (κ1) is 22.4. The number of ether oxygens (including phenoxy) is 2. The third kappa shape index (κ3) is 6.85. The van der Waals surface area contributed by atoms with Crippen LogP contribution in [-0.2, 0) is 18.1 Å². The lowest BCUT2D eigenvalue weighted by atomic mass is 10.1. The molecule has 0 fully saturated rings. The number of carbonyl (C=O) groups is 1. The van der Waals surface area contributed by atoms with E-state index in [1.807, 2.05) is 38.1 Å². The zero-order valence-corrected chi connectivity index (χ0v) is 17.1. The van der Waals surface area contributed by atoms with Gasteiger partial charge in [0.25, 0.3) is 5.91 Å². The molecule has 1 N–H and O–H groups in total. The molecule has 1 amide bonds. The van der Waals surface area contributed by atoms with Gasteiger partial charge in [-0.15, -0.1) is 0 Å². The molecule has 164 valence electrons. The topological polar surface area (TPSA) is 65.4 Å². The molecule has 3 aromatic rings. The summed E-state index contributed by atoms with van der Waals surface area (Å²) in [5.74, 6) is 0.416. The number of aromatic nitrogens is 2. The molecule has 6 nitrogen and oxygen atoms in total. The van der Waals surface area contributed by atoms with Crippen LogP contribution in [-0.4, -0.2) is 28.5 Å². The van der Waals surface area contributed by atoms with Gasteiger partial charge < -0.3 is 14.8 Å². The predicted octanol–water partition coefficient (Wildman–Crippen LogP) is 4.87. The summed E-state index contributed by atoms with van der Waals surface area (Å²) in [5.41, 5.74) is 3.71. The van der Waals surface area contributed by atoms with Crippen molar-refractivity contribution in [2.24, 2.45) is 0 Å². The number of halogens is 3. The maximum atomic E-state index is 12.5. The van der Waals surface area contributed by atoms with Crippen molar-refractivity contribution in [3.63, 3.8) is 0 Å². The number of anilines is 1. The molecule has 0 atom stereocenters. The molecular weight excluding hydrogens is 411 g/mol. The quantitative estimate of drug-likeness (QED) is 0.551. The molecule has 1 heterocycles. The minimum Gasteiger partial charge on any atom is -0.489 e. The number of amides is 1. The van der Waals surface area contributed by atoms with Gasteiger partial charge in [0.1, 0.15) is 25.7 Å². The largest absolute Gasteiger partial charge is 0.489 e. The third-order valence-corrected chi connectivity index (χ3v) is 4.31. The van der Waals surface area contributed by atoms with Crippen LogP contribution < -0.4 is 10.1 Å². The summed E-state index contributed by atoms with van der Waals surface area (Å²) in [4.78, 5) is 12.5. The van der Waals surface area contributed by atoms with Crippen LogP contribution in [0.4, 0.5) is 18.9 Å². The lowest BCUT2D eigenvalue weighted by Gasteiger charge is -2.11. The second-order valence-corrected chi connectivity index (χ2v) is 7.07. The zero-order chi connectivity index (χ0) is 22.4. The van der Waals surface area contributed by atoms with Crippen LogP contribution in [0.3, 0.4) is 0 Å². The number of benzene rings is 2. The van der Waals surface area contributed by atoms with E-state index < -0.39 is 12.8 Å². The first-order valence-corrected chi connectivity index (χ1v) is 9.47. The minimum atomic E-state index is -4.41. The zero-order valence-electron chi connectivity index (χ0n) is 17.1. The number of alkyl halides is 3. The summed E-state index contributed by atoms with van der Waals surface area (Å²) in [6.45, 7) is 2.51. The van der Waals surface area contributed by atoms with E-state index >= 15 is 0 Å². The van der Waals surface area contributed by atoms with Crippen molar-refractivity contribution in [3.05, 3.63) is 77.1 Å². The van der Waals surface area contributed by atoms with Crippen LogP contribution in [0, 0.1) is 13.8 Å². The number of nitrogens with zero attached hydrogens (tertiary/aromatic N) is 2. The van der Waals surface area contributed by atoms with E-state index in [9.17, 15) is 18.0 Å². The molecule has 9 heteroatoms. The van der Waals surface area contributed by atoms with E-state index in [1.165, 1.54) is 12.4 Å². The van der Waals surface area contributed by atoms with E-state index in [2.05, 4.69) is 15.2 Å². The Kier molecular flexibility index (Phi) is 6.96. The van der Waals surface area contributed by atoms with Crippen molar-refractivity contribution >= 4 is 11.6 Å². The molecular formula is C22H22F3N3O3. The Morgan fingerprint density at radius 1 is 1.16 bits per heavy atom. The van der Waals surface area contributed by atoms with E-state index in [0.717, 1.165) is 27.1 Å². The van der Waals surface area contributed by atoms with Crippen LogP contribution in [0.5, 0.6) is 5.75 Å². The van der Waals surface area contributed by atoms with Gasteiger partial charge in [0.15, 0.2) is 0 Å². The molecule has 0 aliphatic heterocycles. The standard InChI is InChI=1S/C22H22F3N3O3/c1-15-6-7-16(2)20(8-15)31-12-17-4-3-5-18(9-17)21(29)27-19-10-26-28(11-19)14-30-13-22(23,24)25/h3-11H,12-14H2,1-2H3,(H,27,29). The second-order valence-electron chi connectivity index (χ2n) is 7.07. The van der Waals surface area contributed by atoms with Crippen LogP contribution in [0.25, 0.3) is 0 Å². The molecule has 0 saturated heterocycles. The average molecular weight is 433 g/mol. The summed E-state index contributed by atoms with van der Waals surface area (Å²) in [7, 11) is 0. The fraction of sp³-hybridized carbons (Fsp3) is 0.273. The van der Waals surface area contributed by atoms with Crippen molar-refractivity contribution in [3.8, 4) is 5.75 Å². The molecule has 0 aliphatic carbocycles. The van der Waals surface area contributed by atoms with Gasteiger partial charge in [-0.1, -0.05) is 24.3 Å². The highest BCUT2D eigenvalue weighted by Gasteiger charge is 2.27. The van der Waals surface area contributed by atoms with Crippen molar-refractivity contribution in [2.45, 2.75) is 33.4 Å². The van der Waals surface area contributed by atoms with Crippen LogP contribution in [0.2, 0.25) is 0 Å². The summed E-state index contributed by atoms with van der Waals surface area (Å²) in [6.07, 6.45) is -1.68. The highest BCUT2D eigenvalue weighted by atomic mass is 19.4. The normalized spacial score (nSPS) is 11.4. The van der Waals surface area contributed by atoms with Gasteiger partial charge >= 0.3 is 6.18 Å². The van der Waals surface area contributed by atoms with Gasteiger partial charge in [-0.2, -0.15) is 18.3 Å². The predicted molar refractivity (Wildman–Crippen MR) is 109 cm³/mol. The average Bonchev–Trinajstić information content (AvgIpc) is 3.15. The summed E-state index contributed by atoms with van der Waals surface area (Å²) in [5, 5.41) is 6.53. The van der Waals surface area contributed by atoms with Gasteiger partial charge in [-0.3, -0.25) is 4.79 Å². The molecule has 3 rings (SSSR count). The molecule has 0 spiro atoms. The van der Waals surface area contributed by atoms with Gasteiger partial charge in [0.05, 0.1) is 18.1 Å². The van der Waals surface area contributed by atoms with E-state index in [4.69, 9.17) is 4.74 Å². The Morgan fingerprint density at radius 2 is 1.97 bits per heavy atom. The number of hydrogen-bond acceptors (Lipinski definition) is 4. The first-order valence-electron chi connectivity index (χ1n) is 9.47. The van der Waals surface area contributed by atoms with Crippen LogP contribution >= 0.6 is 0 Å². The lowest BCUT2D eigenvalue weighted by molar-refractivity contribution is -0.182. The highest BCUT2D eigenvalue weighted by molar-refractivity contribution is 6.04. The summed E-state index contributed by atoms with van der Waals surface area (Å²) < 4.78 is 47.9. The summed E-state index contributed by atoms with van der Waals surface area (Å²) in [6, 6.07) is 13.0. The third-order valence-electron chi connectivity index (χ3n) is 4.31. The summed E-state index contributed by atoms with van der Waals surface area (Å²) >= 11 is 0. The molecule has 0 radical (unpaired) electrons. The van der Waals surface area contributed by atoms with Crippen molar-refractivity contribution in [2.75, 3.05) is 11.9 Å². The monoisotopic (exact) mass is 433 g/mol. The first-order chi connectivity index (χ1) is 14.7. The van der Waals surface area contributed by atoms with Crippen LogP contribution in [0.1, 0.15) is 27.0 Å². The van der Waals surface area contributed by atoms with Crippen molar-refractivity contribution in [1.82, 2.24) is 9.78 Å². The number of aryl methyl sites for hydroxylation is 2. The maximum absolute atomic E-state index is 12.5. The molecule has 1 aromatic heterocycles. The van der Waals surface area contributed by atoms with Gasteiger partial charge in [-0.25, -0.2) is 4.68 Å². The molecule has 2 aromatic carbocycles. The van der Waals surface area contributed by atoms with Gasteiger partial charge in [-0.05, 0) is 48.7 Å². The van der Waals surface area contributed by atoms with E-state index in [1.54, 1.807) is 18.2 Å². The fourth-order valence-electron chi connectivity index (χ4n) is 2.78. The van der Waals surface area contributed by atoms with E-state index in [-0.39, 0.29) is 12.6 Å². The van der Waals surface area contributed by atoms with Crippen LogP contribution in [0.15, 0.2) is 54.9 Å². The number of nitrogens with one attached hydrogen (secondary N) is 1. The molecule has 0 bridgehead atoms. The lowest BCUT2D eigenvalue weighted by Crippen LogP contribution is -2.18. The Labute approximate surface area is 177 Å². The number of hydrogen-bond donors (Lipinski definition) is 1. The van der Waals surface area contributed by atoms with Gasteiger partial charge in [0.2, 0.25) is 0 Å². The number of carbonyl (C=O) groups excluding carboxylic acids is 1. The van der Waals surface area contributed by atoms with E-state index in [0.29, 0.717) is 17.9 Å². The Bertz CT molecular complexity index is 1050. The molecule has 0 unspecified atom stereocenters. The van der Waals surface area contributed by atoms with Gasteiger partial charge in [0, 0.05) is 5.56 Å². The fourth-order valence-corrected chi connectivity index (χ4v) is 2.78. The maximum Gasteiger partial charge on any atom is 0.411 e. The molecule has 31 heavy (non-hydrogen) atoms. The Balaban J connectivity index is 1.57. The van der Waals surface area contributed by atoms with Crippen molar-refractivity contribution < 1.29 is 27.4 Å². The second kappa shape index (κ2) is 9.65. The Hall–Kier alpha value is -3.33. The number of rotatable bonds is 8. The Morgan fingerprint density at radius 3 is 2.74 bits per heavy atom.